The van der Waals surface area contributed by atoms with Gasteiger partial charge in [-0.1, -0.05) is 13.8 Å². The highest BCUT2D eigenvalue weighted by Crippen LogP contribution is 2.30. The standard InChI is InChI=1S/C19H19FN6/c1-11(2)10-26-18-16(24-19(26)21)8-7-15(23-18)14-9-22-25-17(14)12-3-5-13(20)6-4-12/h3-9,11H,10H2,1-2H3,(H2,21,24)(H,22,25). The molecule has 0 spiro atoms. The lowest BCUT2D eigenvalue weighted by Gasteiger charge is -2.09. The summed E-state index contributed by atoms with van der Waals surface area (Å²) >= 11 is 0. The van der Waals surface area contributed by atoms with Crippen LogP contribution in [0.1, 0.15) is 13.8 Å². The van der Waals surface area contributed by atoms with E-state index in [1.807, 2.05) is 16.7 Å². The molecule has 0 fully saturated rings. The summed E-state index contributed by atoms with van der Waals surface area (Å²) in [6.07, 6.45) is 1.72. The lowest BCUT2D eigenvalue weighted by molar-refractivity contribution is 0.535. The molecule has 3 N–H and O–H groups in total. The second kappa shape index (κ2) is 6.25. The molecule has 3 aromatic heterocycles. The number of hydrogen-bond acceptors (Lipinski definition) is 4. The first-order valence-corrected chi connectivity index (χ1v) is 8.45. The summed E-state index contributed by atoms with van der Waals surface area (Å²) in [5, 5.41) is 7.13. The minimum Gasteiger partial charge on any atom is -0.369 e. The number of benzene rings is 1. The molecule has 7 heteroatoms. The fourth-order valence-electron chi connectivity index (χ4n) is 3.03. The van der Waals surface area contributed by atoms with Crippen LogP contribution in [0.2, 0.25) is 0 Å². The maximum Gasteiger partial charge on any atom is 0.202 e. The quantitative estimate of drug-likeness (QED) is 0.585. The van der Waals surface area contributed by atoms with Gasteiger partial charge in [0.25, 0.3) is 0 Å². The van der Waals surface area contributed by atoms with E-state index in [9.17, 15) is 4.39 Å². The molecular formula is C19H19FN6. The number of anilines is 1. The first-order chi connectivity index (χ1) is 12.5. The third-order valence-electron chi connectivity index (χ3n) is 4.22. The molecule has 0 aliphatic heterocycles. The number of aromatic amines is 1. The fourth-order valence-corrected chi connectivity index (χ4v) is 3.03. The van der Waals surface area contributed by atoms with Crippen LogP contribution in [0.25, 0.3) is 33.7 Å². The SMILES string of the molecule is CC(C)Cn1c(N)nc2ccc(-c3cn[nH]c3-c3ccc(F)cc3)nc21. The molecule has 0 saturated heterocycles. The van der Waals surface area contributed by atoms with E-state index >= 15 is 0 Å². The van der Waals surface area contributed by atoms with E-state index in [4.69, 9.17) is 10.7 Å². The van der Waals surface area contributed by atoms with E-state index in [1.54, 1.807) is 18.3 Å². The monoisotopic (exact) mass is 350 g/mol. The molecule has 132 valence electrons. The zero-order valence-electron chi connectivity index (χ0n) is 14.6. The second-order valence-electron chi connectivity index (χ2n) is 6.68. The average Bonchev–Trinajstić information content (AvgIpc) is 3.20. The highest BCUT2D eigenvalue weighted by Gasteiger charge is 2.15. The van der Waals surface area contributed by atoms with Gasteiger partial charge in [-0.25, -0.2) is 14.4 Å². The van der Waals surface area contributed by atoms with E-state index in [2.05, 4.69) is 29.0 Å². The van der Waals surface area contributed by atoms with Crippen LogP contribution in [0.4, 0.5) is 10.3 Å². The van der Waals surface area contributed by atoms with Crippen molar-refractivity contribution in [3.63, 3.8) is 0 Å². The van der Waals surface area contributed by atoms with Crippen LogP contribution in [-0.4, -0.2) is 24.7 Å². The number of fused-ring (bicyclic) bond motifs is 1. The Morgan fingerprint density at radius 1 is 1.12 bits per heavy atom. The van der Waals surface area contributed by atoms with Gasteiger partial charge in [-0.2, -0.15) is 5.10 Å². The lowest BCUT2D eigenvalue weighted by atomic mass is 10.1. The number of nitrogens with two attached hydrogens (primary N) is 1. The van der Waals surface area contributed by atoms with Gasteiger partial charge in [0, 0.05) is 17.7 Å². The zero-order chi connectivity index (χ0) is 18.3. The van der Waals surface area contributed by atoms with Crippen LogP contribution in [0.3, 0.4) is 0 Å². The van der Waals surface area contributed by atoms with E-state index in [0.717, 1.165) is 40.2 Å². The third kappa shape index (κ3) is 2.81. The molecule has 1 aromatic carbocycles. The van der Waals surface area contributed by atoms with Gasteiger partial charge < -0.3 is 5.73 Å². The van der Waals surface area contributed by atoms with E-state index in [-0.39, 0.29) is 5.82 Å². The van der Waals surface area contributed by atoms with Gasteiger partial charge in [0.05, 0.1) is 17.6 Å². The Morgan fingerprint density at radius 2 is 1.88 bits per heavy atom. The van der Waals surface area contributed by atoms with Crippen molar-refractivity contribution in [2.24, 2.45) is 5.92 Å². The minimum absolute atomic E-state index is 0.276. The zero-order valence-corrected chi connectivity index (χ0v) is 14.6. The number of nitrogens with one attached hydrogen (secondary N) is 1. The predicted molar refractivity (Wildman–Crippen MR) is 99.8 cm³/mol. The number of aromatic nitrogens is 5. The number of rotatable bonds is 4. The Labute approximate surface area is 149 Å². The fraction of sp³-hybridized carbons (Fsp3) is 0.211. The molecule has 4 aromatic rings. The lowest BCUT2D eigenvalue weighted by Crippen LogP contribution is -2.08. The van der Waals surface area contributed by atoms with Gasteiger partial charge in [-0.05, 0) is 42.3 Å². The van der Waals surface area contributed by atoms with Crippen molar-refractivity contribution >= 4 is 17.1 Å². The summed E-state index contributed by atoms with van der Waals surface area (Å²) in [5.41, 5.74) is 10.8. The Morgan fingerprint density at radius 3 is 2.62 bits per heavy atom. The molecule has 0 bridgehead atoms. The summed E-state index contributed by atoms with van der Waals surface area (Å²) in [7, 11) is 0. The maximum atomic E-state index is 13.2. The minimum atomic E-state index is -0.276. The molecule has 3 heterocycles. The molecule has 6 nitrogen and oxygen atoms in total. The average molecular weight is 350 g/mol. The van der Waals surface area contributed by atoms with Crippen molar-refractivity contribution in [3.8, 4) is 22.5 Å². The van der Waals surface area contributed by atoms with Gasteiger partial charge in [0.15, 0.2) is 5.65 Å². The topological polar surface area (TPSA) is 85.4 Å². The van der Waals surface area contributed by atoms with Crippen LogP contribution < -0.4 is 5.73 Å². The molecule has 0 aliphatic rings. The molecular weight excluding hydrogens is 331 g/mol. The van der Waals surface area contributed by atoms with Crippen molar-refractivity contribution in [2.45, 2.75) is 20.4 Å². The van der Waals surface area contributed by atoms with Crippen LogP contribution in [0.5, 0.6) is 0 Å². The van der Waals surface area contributed by atoms with Crippen molar-refractivity contribution in [1.29, 1.82) is 0 Å². The second-order valence-corrected chi connectivity index (χ2v) is 6.68. The van der Waals surface area contributed by atoms with Crippen molar-refractivity contribution in [1.82, 2.24) is 24.7 Å². The summed E-state index contributed by atoms with van der Waals surface area (Å²) in [4.78, 5) is 9.17. The van der Waals surface area contributed by atoms with Gasteiger partial charge in [-0.15, -0.1) is 0 Å². The number of nitrogen functional groups attached to an aromatic ring is 1. The Kier molecular flexibility index (Phi) is 3.91. The van der Waals surface area contributed by atoms with Gasteiger partial charge in [0.1, 0.15) is 11.3 Å². The Balaban J connectivity index is 1.83. The maximum absolute atomic E-state index is 13.2. The molecule has 0 radical (unpaired) electrons. The number of H-pyrrole nitrogens is 1. The van der Waals surface area contributed by atoms with Crippen molar-refractivity contribution < 1.29 is 4.39 Å². The summed E-state index contributed by atoms with van der Waals surface area (Å²) in [5.74, 6) is 0.607. The van der Waals surface area contributed by atoms with Gasteiger partial charge >= 0.3 is 0 Å². The molecule has 4 rings (SSSR count). The van der Waals surface area contributed by atoms with E-state index in [0.29, 0.717) is 11.9 Å². The van der Waals surface area contributed by atoms with Crippen molar-refractivity contribution in [3.05, 3.63) is 48.4 Å². The Bertz CT molecular complexity index is 1060. The van der Waals surface area contributed by atoms with Crippen LogP contribution in [0, 0.1) is 11.7 Å². The number of imidazole rings is 1. The number of pyridine rings is 1. The van der Waals surface area contributed by atoms with Crippen LogP contribution in [0.15, 0.2) is 42.6 Å². The predicted octanol–water partition coefficient (Wildman–Crippen LogP) is 3.87. The van der Waals surface area contributed by atoms with Crippen LogP contribution in [-0.2, 0) is 6.54 Å². The summed E-state index contributed by atoms with van der Waals surface area (Å²) < 4.78 is 15.1. The molecule has 0 atom stereocenters. The van der Waals surface area contributed by atoms with Gasteiger partial charge in [-0.3, -0.25) is 9.67 Å². The molecule has 0 amide bonds. The molecule has 26 heavy (non-hydrogen) atoms. The normalized spacial score (nSPS) is 11.5. The highest BCUT2D eigenvalue weighted by atomic mass is 19.1. The number of nitrogens with zero attached hydrogens (tertiary/aromatic N) is 4. The molecule has 0 saturated carbocycles. The number of hydrogen-bond donors (Lipinski definition) is 2. The van der Waals surface area contributed by atoms with Crippen molar-refractivity contribution in [2.75, 3.05) is 5.73 Å². The van der Waals surface area contributed by atoms with Crippen LogP contribution >= 0.6 is 0 Å². The summed E-state index contributed by atoms with van der Waals surface area (Å²) in [6.45, 7) is 4.99. The third-order valence-corrected chi connectivity index (χ3v) is 4.22. The Hall–Kier alpha value is -3.22. The molecule has 0 aliphatic carbocycles. The number of halogens is 1. The van der Waals surface area contributed by atoms with Gasteiger partial charge in [0.2, 0.25) is 5.95 Å². The van der Waals surface area contributed by atoms with E-state index < -0.39 is 0 Å². The van der Waals surface area contributed by atoms with E-state index in [1.165, 1.54) is 12.1 Å². The first-order valence-electron chi connectivity index (χ1n) is 8.45. The smallest absolute Gasteiger partial charge is 0.202 e. The highest BCUT2D eigenvalue weighted by molar-refractivity contribution is 5.83. The first kappa shape index (κ1) is 16.3. The summed E-state index contributed by atoms with van der Waals surface area (Å²) in [6, 6.07) is 10.1. The molecule has 0 unspecified atom stereocenters. The largest absolute Gasteiger partial charge is 0.369 e.